The molecular weight excluding hydrogens is 254 g/mol. The van der Waals surface area contributed by atoms with Gasteiger partial charge in [0.05, 0.1) is 6.54 Å². The highest BCUT2D eigenvalue weighted by molar-refractivity contribution is 5.95. The van der Waals surface area contributed by atoms with Crippen LogP contribution < -0.4 is 16.4 Å². The Labute approximate surface area is 113 Å². The van der Waals surface area contributed by atoms with Gasteiger partial charge < -0.3 is 16.4 Å². The molecule has 0 heterocycles. The zero-order valence-corrected chi connectivity index (χ0v) is 11.1. The second kappa shape index (κ2) is 7.68. The molecule has 1 aromatic carbocycles. The largest absolute Gasteiger partial charge is 0.370 e. The highest BCUT2D eigenvalue weighted by atomic mass is 35.5. The Morgan fingerprint density at radius 1 is 1.33 bits per heavy atom. The first-order valence-electron chi connectivity index (χ1n) is 5.40. The molecule has 0 unspecified atom stereocenters. The summed E-state index contributed by atoms with van der Waals surface area (Å²) in [5.74, 6) is -0.663. The minimum absolute atomic E-state index is 0. The molecule has 0 radical (unpaired) electrons. The summed E-state index contributed by atoms with van der Waals surface area (Å²) in [4.78, 5) is 23.9. The minimum atomic E-state index is -0.438. The molecule has 1 aromatic rings. The predicted molar refractivity (Wildman–Crippen MR) is 73.6 cm³/mol. The van der Waals surface area contributed by atoms with E-state index in [1.807, 2.05) is 31.2 Å². The first-order chi connectivity index (χ1) is 8.04. The van der Waals surface area contributed by atoms with Crippen molar-refractivity contribution in [1.82, 2.24) is 0 Å². The Hall–Kier alpha value is -1.59. The molecule has 0 atom stereocenters. The van der Waals surface area contributed by atoms with Crippen molar-refractivity contribution in [3.8, 4) is 0 Å². The molecule has 0 spiro atoms. The van der Waals surface area contributed by atoms with Gasteiger partial charge in [0.2, 0.25) is 11.8 Å². The van der Waals surface area contributed by atoms with Crippen molar-refractivity contribution in [2.45, 2.75) is 13.3 Å². The summed E-state index contributed by atoms with van der Waals surface area (Å²) in [6.45, 7) is 2.10. The number of halogens is 1. The number of rotatable bonds is 5. The van der Waals surface area contributed by atoms with Crippen molar-refractivity contribution in [1.29, 1.82) is 0 Å². The summed E-state index contributed by atoms with van der Waals surface area (Å²) in [7, 11) is 0. The third-order valence-corrected chi connectivity index (χ3v) is 2.37. The molecule has 4 N–H and O–H groups in total. The van der Waals surface area contributed by atoms with Crippen LogP contribution in [0.1, 0.15) is 12.0 Å². The first kappa shape index (κ1) is 16.4. The fraction of sp³-hybridized carbons (Fsp3) is 0.333. The van der Waals surface area contributed by atoms with Gasteiger partial charge in [0, 0.05) is 18.7 Å². The van der Waals surface area contributed by atoms with E-state index in [1.54, 1.807) is 0 Å². The second-order valence-corrected chi connectivity index (χ2v) is 3.80. The van der Waals surface area contributed by atoms with Crippen LogP contribution in [-0.4, -0.2) is 24.9 Å². The van der Waals surface area contributed by atoms with Crippen molar-refractivity contribution in [3.63, 3.8) is 0 Å². The molecule has 5 nitrogen and oxygen atoms in total. The number of anilines is 1. The van der Waals surface area contributed by atoms with Crippen molar-refractivity contribution in [3.05, 3.63) is 29.8 Å². The zero-order chi connectivity index (χ0) is 12.8. The van der Waals surface area contributed by atoms with Crippen LogP contribution in [0.4, 0.5) is 5.69 Å². The average Bonchev–Trinajstić information content (AvgIpc) is 2.28. The Morgan fingerprint density at radius 2 is 2.00 bits per heavy atom. The average molecular weight is 272 g/mol. The highest BCUT2D eigenvalue weighted by Crippen LogP contribution is 2.16. The number of carbonyl (C=O) groups is 2. The molecule has 0 saturated heterocycles. The van der Waals surface area contributed by atoms with Crippen molar-refractivity contribution in [2.75, 3.05) is 18.0 Å². The molecule has 100 valence electrons. The number of amides is 2. The summed E-state index contributed by atoms with van der Waals surface area (Å²) >= 11 is 0. The van der Waals surface area contributed by atoms with E-state index >= 15 is 0 Å². The first-order valence-corrected chi connectivity index (χ1v) is 5.40. The van der Waals surface area contributed by atoms with Gasteiger partial charge >= 0.3 is 0 Å². The van der Waals surface area contributed by atoms with E-state index in [9.17, 15) is 9.59 Å². The van der Waals surface area contributed by atoms with Gasteiger partial charge in [-0.2, -0.15) is 0 Å². The fourth-order valence-corrected chi connectivity index (χ4v) is 1.53. The maximum atomic E-state index is 11.7. The molecule has 0 bridgehead atoms. The standard InChI is InChI=1S/C12H17N3O2.ClH/c1-9-3-2-4-10(7-9)15(12(17)8-13)6-5-11(14)16;/h2-4,7H,5-6,8,13H2,1H3,(H2,14,16);1H. The molecule has 1 rings (SSSR count). The quantitative estimate of drug-likeness (QED) is 0.821. The van der Waals surface area contributed by atoms with Gasteiger partial charge in [0.15, 0.2) is 0 Å². The van der Waals surface area contributed by atoms with E-state index in [2.05, 4.69) is 0 Å². The summed E-state index contributed by atoms with van der Waals surface area (Å²) < 4.78 is 0. The van der Waals surface area contributed by atoms with E-state index in [1.165, 1.54) is 4.90 Å². The Kier molecular flexibility index (Phi) is 7.00. The molecule has 0 aliphatic rings. The Balaban J connectivity index is 0.00000289. The lowest BCUT2D eigenvalue weighted by atomic mass is 10.2. The van der Waals surface area contributed by atoms with Crippen molar-refractivity contribution in [2.24, 2.45) is 11.5 Å². The van der Waals surface area contributed by atoms with Crippen molar-refractivity contribution >= 4 is 29.9 Å². The van der Waals surface area contributed by atoms with Gasteiger partial charge in [0.1, 0.15) is 0 Å². The third-order valence-electron chi connectivity index (χ3n) is 2.37. The second-order valence-electron chi connectivity index (χ2n) is 3.80. The number of nitrogens with zero attached hydrogens (tertiary/aromatic N) is 1. The maximum Gasteiger partial charge on any atom is 0.240 e. The van der Waals surface area contributed by atoms with Gasteiger partial charge in [-0.05, 0) is 24.6 Å². The van der Waals surface area contributed by atoms with Crippen LogP contribution in [0.15, 0.2) is 24.3 Å². The summed E-state index contributed by atoms with van der Waals surface area (Å²) in [6.07, 6.45) is 0.125. The number of hydrogen-bond acceptors (Lipinski definition) is 3. The molecule has 0 fully saturated rings. The van der Waals surface area contributed by atoms with Gasteiger partial charge in [-0.1, -0.05) is 12.1 Å². The lowest BCUT2D eigenvalue weighted by molar-refractivity contribution is -0.118. The molecule has 0 aliphatic carbocycles. The molecule has 2 amide bonds. The molecule has 0 saturated carbocycles. The van der Waals surface area contributed by atoms with Gasteiger partial charge in [-0.15, -0.1) is 12.4 Å². The maximum absolute atomic E-state index is 11.7. The van der Waals surface area contributed by atoms with E-state index in [4.69, 9.17) is 11.5 Å². The number of aryl methyl sites for hydroxylation is 1. The smallest absolute Gasteiger partial charge is 0.240 e. The molecule has 0 aromatic heterocycles. The summed E-state index contributed by atoms with van der Waals surface area (Å²) in [5, 5.41) is 0. The van der Waals surface area contributed by atoms with E-state index in [0.29, 0.717) is 0 Å². The number of benzene rings is 1. The van der Waals surface area contributed by atoms with E-state index < -0.39 is 5.91 Å². The zero-order valence-electron chi connectivity index (χ0n) is 10.3. The van der Waals surface area contributed by atoms with Crippen LogP contribution in [-0.2, 0) is 9.59 Å². The lowest BCUT2D eigenvalue weighted by Crippen LogP contribution is -2.38. The van der Waals surface area contributed by atoms with Crippen LogP contribution in [0.5, 0.6) is 0 Å². The predicted octanol–water partition coefficient (Wildman–Crippen LogP) is 0.584. The van der Waals surface area contributed by atoms with E-state index in [0.717, 1.165) is 11.3 Å². The molecule has 0 aliphatic heterocycles. The fourth-order valence-electron chi connectivity index (χ4n) is 1.53. The number of hydrogen-bond donors (Lipinski definition) is 2. The summed E-state index contributed by atoms with van der Waals surface area (Å²) in [6, 6.07) is 7.46. The van der Waals surface area contributed by atoms with Gasteiger partial charge in [0.25, 0.3) is 0 Å². The summed E-state index contributed by atoms with van der Waals surface area (Å²) in [5.41, 5.74) is 12.2. The molecule has 6 heteroatoms. The number of carbonyl (C=O) groups excluding carboxylic acids is 2. The monoisotopic (exact) mass is 271 g/mol. The third kappa shape index (κ3) is 4.73. The Bertz CT molecular complexity index is 424. The van der Waals surface area contributed by atoms with Crippen LogP contribution >= 0.6 is 12.4 Å². The van der Waals surface area contributed by atoms with Crippen molar-refractivity contribution < 1.29 is 9.59 Å². The van der Waals surface area contributed by atoms with Gasteiger partial charge in [-0.25, -0.2) is 0 Å². The van der Waals surface area contributed by atoms with Crippen LogP contribution in [0.3, 0.4) is 0 Å². The lowest BCUT2D eigenvalue weighted by Gasteiger charge is -2.22. The molecular formula is C12H18ClN3O2. The number of primary amides is 1. The Morgan fingerprint density at radius 3 is 2.50 bits per heavy atom. The van der Waals surface area contributed by atoms with E-state index in [-0.39, 0.29) is 37.8 Å². The molecule has 18 heavy (non-hydrogen) atoms. The van der Waals surface area contributed by atoms with Crippen LogP contribution in [0.25, 0.3) is 0 Å². The SMILES string of the molecule is Cc1cccc(N(CCC(N)=O)C(=O)CN)c1.Cl. The highest BCUT2D eigenvalue weighted by Gasteiger charge is 2.14. The normalized spacial score (nSPS) is 9.44. The van der Waals surface area contributed by atoms with Crippen LogP contribution in [0, 0.1) is 6.92 Å². The van der Waals surface area contributed by atoms with Gasteiger partial charge in [-0.3, -0.25) is 9.59 Å². The number of nitrogens with two attached hydrogens (primary N) is 2. The minimum Gasteiger partial charge on any atom is -0.370 e. The topological polar surface area (TPSA) is 89.4 Å². The van der Waals surface area contributed by atoms with Crippen LogP contribution in [0.2, 0.25) is 0 Å².